The van der Waals surface area contributed by atoms with Crippen molar-refractivity contribution in [3.63, 3.8) is 0 Å². The topological polar surface area (TPSA) is 106 Å². The maximum Gasteiger partial charge on any atom is 0.234 e. The van der Waals surface area contributed by atoms with Crippen LogP contribution in [0.5, 0.6) is 0 Å². The van der Waals surface area contributed by atoms with Crippen LogP contribution in [0.15, 0.2) is 78.5 Å². The van der Waals surface area contributed by atoms with Crippen molar-refractivity contribution in [3.05, 3.63) is 95.2 Å². The molecule has 0 fully saturated rings. The summed E-state index contributed by atoms with van der Waals surface area (Å²) >= 11 is 1.74. The van der Waals surface area contributed by atoms with Crippen molar-refractivity contribution in [3.8, 4) is 0 Å². The first-order valence-corrected chi connectivity index (χ1v) is 13.9. The van der Waals surface area contributed by atoms with Gasteiger partial charge in [0, 0.05) is 42.7 Å². The molecule has 0 saturated heterocycles. The Morgan fingerprint density at radius 3 is 2.62 bits per heavy atom. The van der Waals surface area contributed by atoms with Gasteiger partial charge in [0.05, 0.1) is 6.54 Å². The van der Waals surface area contributed by atoms with Gasteiger partial charge in [-0.1, -0.05) is 85.6 Å². The second-order valence-electron chi connectivity index (χ2n) is 9.25. The lowest BCUT2D eigenvalue weighted by atomic mass is 10.1. The quantitative estimate of drug-likeness (QED) is 0.130. The van der Waals surface area contributed by atoms with E-state index < -0.39 is 0 Å². The Labute approximate surface area is 225 Å². The fraction of sp³-hybridized carbons (Fsp3) is 0.379. The van der Waals surface area contributed by atoms with E-state index in [1.165, 1.54) is 11.3 Å². The van der Waals surface area contributed by atoms with E-state index in [-0.39, 0.29) is 17.8 Å². The van der Waals surface area contributed by atoms with Crippen LogP contribution >= 0.6 is 11.9 Å². The summed E-state index contributed by atoms with van der Waals surface area (Å²) in [4.78, 5) is 15.1. The van der Waals surface area contributed by atoms with Gasteiger partial charge in [0.25, 0.3) is 0 Å². The molecule has 2 aromatic rings. The van der Waals surface area contributed by atoms with Gasteiger partial charge in [-0.3, -0.25) is 19.8 Å². The van der Waals surface area contributed by atoms with Crippen LogP contribution in [0, 0.1) is 5.41 Å². The minimum absolute atomic E-state index is 0.0153. The number of nitrogens with zero attached hydrogens (tertiary/aromatic N) is 1. The Hall–Kier alpha value is -3.07. The second-order valence-corrected chi connectivity index (χ2v) is 10.1. The third kappa shape index (κ3) is 10.8. The average Bonchev–Trinajstić information content (AvgIpc) is 2.92. The van der Waals surface area contributed by atoms with Crippen molar-refractivity contribution in [1.29, 1.82) is 5.41 Å². The predicted octanol–water partition coefficient (Wildman–Crippen LogP) is 3.93. The molecule has 1 atom stereocenters. The molecule has 0 aliphatic carbocycles. The second kappa shape index (κ2) is 15.9. The van der Waals surface area contributed by atoms with Gasteiger partial charge in [0.15, 0.2) is 0 Å². The lowest BCUT2D eigenvalue weighted by Gasteiger charge is -2.28. The van der Waals surface area contributed by atoms with E-state index in [1.807, 2.05) is 30.3 Å². The summed E-state index contributed by atoms with van der Waals surface area (Å²) in [6, 6.07) is 18.1. The zero-order chi connectivity index (χ0) is 26.3. The first kappa shape index (κ1) is 28.5. The van der Waals surface area contributed by atoms with E-state index in [1.54, 1.807) is 11.9 Å². The van der Waals surface area contributed by atoms with Crippen molar-refractivity contribution in [2.24, 2.45) is 5.73 Å². The Kier molecular flexibility index (Phi) is 12.3. The number of rotatable bonds is 16. The number of amides is 1. The lowest BCUT2D eigenvalue weighted by molar-refractivity contribution is -0.122. The molecular weight excluding hydrogens is 480 g/mol. The molecule has 1 aliphatic heterocycles. The number of nitrogen functional groups attached to an aromatic ring is 1. The molecule has 6 N–H and O–H groups in total. The molecule has 37 heavy (non-hydrogen) atoms. The average molecular weight is 521 g/mol. The summed E-state index contributed by atoms with van der Waals surface area (Å²) in [6.07, 6.45) is 9.32. The molecule has 3 rings (SSSR count). The first-order valence-electron chi connectivity index (χ1n) is 13.0. The zero-order valence-electron chi connectivity index (χ0n) is 21.7. The molecule has 1 aliphatic rings. The maximum absolute atomic E-state index is 12.8. The summed E-state index contributed by atoms with van der Waals surface area (Å²) in [5.74, 6) is 0.960. The van der Waals surface area contributed by atoms with E-state index in [0.717, 1.165) is 50.2 Å². The molecule has 0 spiro atoms. The third-order valence-corrected chi connectivity index (χ3v) is 7.09. The van der Waals surface area contributed by atoms with Gasteiger partial charge in [-0.25, -0.2) is 0 Å². The predicted molar refractivity (Wildman–Crippen MR) is 155 cm³/mol. The zero-order valence-corrected chi connectivity index (χ0v) is 22.5. The molecule has 1 heterocycles. The highest BCUT2D eigenvalue weighted by Gasteiger charge is 2.17. The SMILES string of the molecule is CCCN(CC(=O)NCc1ccc(C(=N)N)cc1)CC(CCC1=CC=CCN1)NSCc1ccccc1. The van der Waals surface area contributed by atoms with Crippen molar-refractivity contribution in [2.45, 2.75) is 44.5 Å². The molecule has 1 unspecified atom stereocenters. The highest BCUT2D eigenvalue weighted by molar-refractivity contribution is 7.96. The smallest absolute Gasteiger partial charge is 0.234 e. The molecule has 0 aromatic heterocycles. The van der Waals surface area contributed by atoms with Gasteiger partial charge in [-0.05, 0) is 43.0 Å². The molecule has 2 aromatic carbocycles. The minimum Gasteiger partial charge on any atom is -0.385 e. The number of allylic oxidation sites excluding steroid dienone is 3. The van der Waals surface area contributed by atoms with Gasteiger partial charge in [-0.2, -0.15) is 0 Å². The van der Waals surface area contributed by atoms with Crippen molar-refractivity contribution < 1.29 is 4.79 Å². The van der Waals surface area contributed by atoms with E-state index in [0.29, 0.717) is 18.7 Å². The molecule has 7 nitrogen and oxygen atoms in total. The lowest BCUT2D eigenvalue weighted by Crippen LogP contribution is -2.44. The van der Waals surface area contributed by atoms with Crippen LogP contribution in [0.25, 0.3) is 0 Å². The van der Waals surface area contributed by atoms with Gasteiger partial charge in [-0.15, -0.1) is 0 Å². The molecule has 0 saturated carbocycles. The number of nitrogens with one attached hydrogen (secondary N) is 4. The molecule has 0 radical (unpaired) electrons. The Bertz CT molecular complexity index is 1040. The third-order valence-electron chi connectivity index (χ3n) is 6.11. The highest BCUT2D eigenvalue weighted by Crippen LogP contribution is 2.15. The number of dihydropyridines is 1. The number of amidine groups is 1. The van der Waals surface area contributed by atoms with Crippen LogP contribution in [0.1, 0.15) is 42.9 Å². The van der Waals surface area contributed by atoms with Crippen LogP contribution in [0.4, 0.5) is 0 Å². The summed E-state index contributed by atoms with van der Waals surface area (Å²) in [6.45, 7) is 5.53. The molecule has 0 bridgehead atoms. The standard InChI is InChI=1S/C29H40N6OS/c1-2-18-35(21-28(36)33-19-23-11-13-25(14-12-23)29(30)31)20-27(16-15-26-10-6-7-17-32-26)34-37-22-24-8-4-3-5-9-24/h3-14,27,32,34H,2,15-22H2,1H3,(H3,30,31)(H,33,36). The van der Waals surface area contributed by atoms with Crippen LogP contribution in [0.2, 0.25) is 0 Å². The molecule has 198 valence electrons. The monoisotopic (exact) mass is 520 g/mol. The Morgan fingerprint density at radius 1 is 1.16 bits per heavy atom. The summed E-state index contributed by atoms with van der Waals surface area (Å²) in [5, 5.41) is 14.0. The van der Waals surface area contributed by atoms with Crippen molar-refractivity contribution in [2.75, 3.05) is 26.2 Å². The normalized spacial score (nSPS) is 13.6. The van der Waals surface area contributed by atoms with Gasteiger partial charge >= 0.3 is 0 Å². The van der Waals surface area contributed by atoms with E-state index in [2.05, 4.69) is 69.7 Å². The van der Waals surface area contributed by atoms with Crippen LogP contribution < -0.4 is 21.1 Å². The Morgan fingerprint density at radius 2 is 1.95 bits per heavy atom. The van der Waals surface area contributed by atoms with Crippen molar-refractivity contribution in [1.82, 2.24) is 20.3 Å². The number of hydrogen-bond donors (Lipinski definition) is 5. The van der Waals surface area contributed by atoms with Crippen LogP contribution in [-0.4, -0.2) is 48.9 Å². The van der Waals surface area contributed by atoms with E-state index in [9.17, 15) is 4.79 Å². The molecule has 1 amide bonds. The number of carbonyl (C=O) groups is 1. The minimum atomic E-state index is 0.0153. The fourth-order valence-corrected chi connectivity index (χ4v) is 5.00. The van der Waals surface area contributed by atoms with E-state index in [4.69, 9.17) is 11.1 Å². The number of benzene rings is 2. The van der Waals surface area contributed by atoms with E-state index >= 15 is 0 Å². The highest BCUT2D eigenvalue weighted by atomic mass is 32.2. The van der Waals surface area contributed by atoms with Gasteiger partial charge in [0.2, 0.25) is 5.91 Å². The Balaban J connectivity index is 1.53. The van der Waals surface area contributed by atoms with Gasteiger partial charge < -0.3 is 16.4 Å². The fourth-order valence-electron chi connectivity index (χ4n) is 4.13. The largest absolute Gasteiger partial charge is 0.385 e. The summed E-state index contributed by atoms with van der Waals surface area (Å²) in [5.41, 5.74) is 9.75. The number of hydrogen-bond acceptors (Lipinski definition) is 6. The first-order chi connectivity index (χ1) is 18.0. The summed E-state index contributed by atoms with van der Waals surface area (Å²) in [7, 11) is 0. The van der Waals surface area contributed by atoms with Crippen molar-refractivity contribution >= 4 is 23.7 Å². The van der Waals surface area contributed by atoms with Gasteiger partial charge in [0.1, 0.15) is 5.84 Å². The summed E-state index contributed by atoms with van der Waals surface area (Å²) < 4.78 is 3.68. The van der Waals surface area contributed by atoms with Crippen LogP contribution in [-0.2, 0) is 17.1 Å². The molecule has 8 heteroatoms. The number of carbonyl (C=O) groups excluding carboxylic acids is 1. The maximum atomic E-state index is 12.8. The molecular formula is C29H40N6OS. The number of nitrogens with two attached hydrogens (primary N) is 1. The van der Waals surface area contributed by atoms with Crippen LogP contribution in [0.3, 0.4) is 0 Å².